The van der Waals surface area contributed by atoms with Gasteiger partial charge in [-0.2, -0.15) is 0 Å². The van der Waals surface area contributed by atoms with E-state index in [1.165, 1.54) is 0 Å². The van der Waals surface area contributed by atoms with E-state index in [0.717, 1.165) is 5.56 Å². The second-order valence-electron chi connectivity index (χ2n) is 4.75. The first-order chi connectivity index (χ1) is 12.2. The minimum absolute atomic E-state index is 0.161. The third-order valence-corrected chi connectivity index (χ3v) is 4.17. The lowest BCUT2D eigenvalue weighted by molar-refractivity contribution is 0.0927. The lowest BCUT2D eigenvalue weighted by Crippen LogP contribution is -2.10. The maximum absolute atomic E-state index is 11.7. The molecular weight excluding hydrogens is 343 g/mol. The van der Waals surface area contributed by atoms with Gasteiger partial charge >= 0.3 is 14.8 Å². The van der Waals surface area contributed by atoms with Gasteiger partial charge in [-0.15, -0.1) is 0 Å². The van der Waals surface area contributed by atoms with E-state index in [9.17, 15) is 4.79 Å². The van der Waals surface area contributed by atoms with Crippen LogP contribution in [-0.2, 0) is 20.4 Å². The zero-order chi connectivity index (χ0) is 17.9. The maximum Gasteiger partial charge on any atom is 0.514 e. The quantitative estimate of drug-likeness (QED) is 0.351. The summed E-state index contributed by atoms with van der Waals surface area (Å²) in [5.74, 6) is 0.931. The van der Waals surface area contributed by atoms with Gasteiger partial charge in [0.05, 0.1) is 13.2 Å². The van der Waals surface area contributed by atoms with Crippen molar-refractivity contribution in [2.45, 2.75) is 20.5 Å². The van der Waals surface area contributed by atoms with E-state index >= 15 is 0 Å². The SMILES string of the molecule is CCOP(OCC)Oc1ccc(OC(=O)OCc2ccccc2)cc1. The molecule has 0 bridgehead atoms. The van der Waals surface area contributed by atoms with Crippen LogP contribution in [0.3, 0.4) is 0 Å². The van der Waals surface area contributed by atoms with Crippen molar-refractivity contribution in [3.05, 3.63) is 60.2 Å². The fourth-order valence-electron chi connectivity index (χ4n) is 1.80. The molecule has 25 heavy (non-hydrogen) atoms. The van der Waals surface area contributed by atoms with Crippen molar-refractivity contribution >= 4 is 14.8 Å². The van der Waals surface area contributed by atoms with E-state index in [4.69, 9.17) is 23.0 Å². The van der Waals surface area contributed by atoms with Crippen molar-refractivity contribution < 1.29 is 27.8 Å². The minimum atomic E-state index is -1.43. The number of hydrogen-bond donors (Lipinski definition) is 0. The molecule has 0 unspecified atom stereocenters. The van der Waals surface area contributed by atoms with Crippen LogP contribution < -0.4 is 9.26 Å². The predicted molar refractivity (Wildman–Crippen MR) is 94.5 cm³/mol. The van der Waals surface area contributed by atoms with E-state index in [0.29, 0.717) is 24.7 Å². The molecule has 0 atom stereocenters. The molecule has 0 saturated heterocycles. The number of benzene rings is 2. The molecule has 0 saturated carbocycles. The molecule has 0 aliphatic carbocycles. The third-order valence-electron chi connectivity index (χ3n) is 2.87. The summed E-state index contributed by atoms with van der Waals surface area (Å²) in [4.78, 5) is 11.7. The Labute approximate surface area is 148 Å². The summed E-state index contributed by atoms with van der Waals surface area (Å²) in [6, 6.07) is 16.0. The average molecular weight is 364 g/mol. The summed E-state index contributed by atoms with van der Waals surface area (Å²) < 4.78 is 26.5. The molecule has 2 rings (SSSR count). The Morgan fingerprint density at radius 1 is 0.880 bits per heavy atom. The van der Waals surface area contributed by atoms with E-state index in [-0.39, 0.29) is 6.61 Å². The van der Waals surface area contributed by atoms with Crippen molar-refractivity contribution in [2.75, 3.05) is 13.2 Å². The van der Waals surface area contributed by atoms with Crippen LogP contribution in [0.5, 0.6) is 11.5 Å². The highest BCUT2D eigenvalue weighted by Gasteiger charge is 2.13. The highest BCUT2D eigenvalue weighted by atomic mass is 31.2. The topological polar surface area (TPSA) is 63.2 Å². The molecule has 2 aromatic rings. The molecule has 0 radical (unpaired) electrons. The Morgan fingerprint density at radius 2 is 1.48 bits per heavy atom. The van der Waals surface area contributed by atoms with Crippen LogP contribution in [0, 0.1) is 0 Å². The van der Waals surface area contributed by atoms with Crippen LogP contribution in [-0.4, -0.2) is 19.4 Å². The van der Waals surface area contributed by atoms with Crippen molar-refractivity contribution in [2.24, 2.45) is 0 Å². The first kappa shape index (κ1) is 19.2. The van der Waals surface area contributed by atoms with Gasteiger partial charge in [-0.05, 0) is 43.7 Å². The monoisotopic (exact) mass is 364 g/mol. The first-order valence-electron chi connectivity index (χ1n) is 7.93. The highest BCUT2D eigenvalue weighted by Crippen LogP contribution is 2.40. The van der Waals surface area contributed by atoms with E-state index < -0.39 is 14.8 Å². The summed E-state index contributed by atoms with van der Waals surface area (Å²) in [7, 11) is -1.43. The Balaban J connectivity index is 1.81. The fourth-order valence-corrected chi connectivity index (χ4v) is 2.69. The lowest BCUT2D eigenvalue weighted by Gasteiger charge is -2.15. The number of hydrogen-bond acceptors (Lipinski definition) is 6. The zero-order valence-corrected chi connectivity index (χ0v) is 15.1. The summed E-state index contributed by atoms with van der Waals surface area (Å²) in [5, 5.41) is 0. The summed E-state index contributed by atoms with van der Waals surface area (Å²) in [6.07, 6.45) is -0.761. The van der Waals surface area contributed by atoms with Gasteiger partial charge in [0.2, 0.25) is 0 Å². The molecule has 0 spiro atoms. The first-order valence-corrected chi connectivity index (χ1v) is 9.03. The molecule has 7 heteroatoms. The normalized spacial score (nSPS) is 10.5. The molecule has 0 heterocycles. The molecule has 0 fully saturated rings. The largest absolute Gasteiger partial charge is 0.514 e. The van der Waals surface area contributed by atoms with Crippen LogP contribution >= 0.6 is 8.60 Å². The fraction of sp³-hybridized carbons (Fsp3) is 0.278. The van der Waals surface area contributed by atoms with Crippen LogP contribution in [0.2, 0.25) is 0 Å². The standard InChI is InChI=1S/C18H21O6P/c1-3-21-25(22-4-2)24-17-12-10-16(11-13-17)23-18(19)20-14-15-8-6-5-7-9-15/h5-13H,3-4,14H2,1-2H3. The van der Waals surface area contributed by atoms with Crippen molar-refractivity contribution in [1.29, 1.82) is 0 Å². The van der Waals surface area contributed by atoms with Gasteiger partial charge in [-0.25, -0.2) is 4.79 Å². The van der Waals surface area contributed by atoms with Crippen LogP contribution in [0.25, 0.3) is 0 Å². The predicted octanol–water partition coefficient (Wildman–Crippen LogP) is 5.08. The van der Waals surface area contributed by atoms with Gasteiger partial charge in [-0.1, -0.05) is 30.3 Å². The van der Waals surface area contributed by atoms with Gasteiger partial charge < -0.3 is 23.0 Å². The second kappa shape index (κ2) is 10.7. The summed E-state index contributed by atoms with van der Waals surface area (Å²) >= 11 is 0. The number of rotatable bonds is 9. The molecular formula is C18H21O6P. The van der Waals surface area contributed by atoms with Gasteiger partial charge in [0.25, 0.3) is 0 Å². The molecule has 0 N–H and O–H groups in total. The zero-order valence-electron chi connectivity index (χ0n) is 14.2. The van der Waals surface area contributed by atoms with Gasteiger partial charge in [0.15, 0.2) is 0 Å². The van der Waals surface area contributed by atoms with Gasteiger partial charge in [0, 0.05) is 0 Å². The Kier molecular flexibility index (Phi) is 8.19. The smallest absolute Gasteiger partial charge is 0.429 e. The average Bonchev–Trinajstić information content (AvgIpc) is 2.63. The molecule has 6 nitrogen and oxygen atoms in total. The molecule has 134 valence electrons. The lowest BCUT2D eigenvalue weighted by atomic mass is 10.2. The van der Waals surface area contributed by atoms with Crippen molar-refractivity contribution in [1.82, 2.24) is 0 Å². The van der Waals surface area contributed by atoms with Crippen LogP contribution in [0.4, 0.5) is 4.79 Å². The van der Waals surface area contributed by atoms with Crippen molar-refractivity contribution in [3.63, 3.8) is 0 Å². The Bertz CT molecular complexity index is 626. The molecule has 0 aliphatic rings. The summed E-state index contributed by atoms with van der Waals surface area (Å²) in [5.41, 5.74) is 0.892. The minimum Gasteiger partial charge on any atom is -0.429 e. The number of ether oxygens (including phenoxy) is 2. The van der Waals surface area contributed by atoms with E-state index in [2.05, 4.69) is 0 Å². The van der Waals surface area contributed by atoms with Crippen LogP contribution in [0.1, 0.15) is 19.4 Å². The third kappa shape index (κ3) is 7.10. The highest BCUT2D eigenvalue weighted by molar-refractivity contribution is 7.42. The molecule has 0 amide bonds. The second-order valence-corrected chi connectivity index (χ2v) is 5.89. The molecule has 0 aromatic heterocycles. The Morgan fingerprint density at radius 3 is 2.08 bits per heavy atom. The Hall–Kier alpha value is -2.14. The van der Waals surface area contributed by atoms with E-state index in [1.807, 2.05) is 44.2 Å². The molecule has 0 aliphatic heterocycles. The number of carbonyl (C=O) groups excluding carboxylic acids is 1. The number of carbonyl (C=O) groups is 1. The summed E-state index contributed by atoms with van der Waals surface area (Å²) in [6.45, 7) is 4.90. The van der Waals surface area contributed by atoms with Crippen LogP contribution in [0.15, 0.2) is 54.6 Å². The maximum atomic E-state index is 11.7. The molecule has 2 aromatic carbocycles. The van der Waals surface area contributed by atoms with Gasteiger partial charge in [0.1, 0.15) is 18.1 Å². The van der Waals surface area contributed by atoms with Gasteiger partial charge in [-0.3, -0.25) is 0 Å². The van der Waals surface area contributed by atoms with E-state index in [1.54, 1.807) is 24.3 Å². The van der Waals surface area contributed by atoms with Crippen molar-refractivity contribution in [3.8, 4) is 11.5 Å².